The summed E-state index contributed by atoms with van der Waals surface area (Å²) >= 11 is 8.00. The van der Waals surface area contributed by atoms with Crippen LogP contribution in [0.5, 0.6) is 5.75 Å². The first-order valence-corrected chi connectivity index (χ1v) is 11.2. The molecule has 0 bridgehead atoms. The van der Waals surface area contributed by atoms with Gasteiger partial charge < -0.3 is 10.1 Å². The van der Waals surface area contributed by atoms with Crippen LogP contribution in [0.15, 0.2) is 65.6 Å². The van der Waals surface area contributed by atoms with Gasteiger partial charge in [-0.1, -0.05) is 41.9 Å². The highest BCUT2D eigenvalue weighted by atomic mass is 35.5. The zero-order valence-electron chi connectivity index (χ0n) is 17.7. The van der Waals surface area contributed by atoms with Crippen LogP contribution in [0.1, 0.15) is 29.2 Å². The van der Waals surface area contributed by atoms with Crippen LogP contribution in [-0.4, -0.2) is 12.0 Å². The first-order chi connectivity index (χ1) is 14.3. The van der Waals surface area contributed by atoms with Gasteiger partial charge in [-0.15, -0.1) is 11.8 Å². The summed E-state index contributed by atoms with van der Waals surface area (Å²) in [5.41, 5.74) is 4.90. The van der Waals surface area contributed by atoms with Gasteiger partial charge in [0.05, 0.1) is 0 Å². The van der Waals surface area contributed by atoms with E-state index in [2.05, 4.69) is 29.6 Å². The van der Waals surface area contributed by atoms with Crippen molar-refractivity contribution >= 4 is 35.0 Å². The molecule has 0 fully saturated rings. The fourth-order valence-corrected chi connectivity index (χ4v) is 4.08. The summed E-state index contributed by atoms with van der Waals surface area (Å²) in [6.07, 6.45) is -0.627. The number of hydrogen-bond donors (Lipinski definition) is 1. The van der Waals surface area contributed by atoms with E-state index < -0.39 is 6.10 Å². The number of amides is 1. The third kappa shape index (κ3) is 5.80. The second-order valence-electron chi connectivity index (χ2n) is 7.37. The third-order valence-electron chi connectivity index (χ3n) is 4.79. The lowest BCUT2D eigenvalue weighted by Gasteiger charge is -2.17. The molecule has 0 radical (unpaired) electrons. The summed E-state index contributed by atoms with van der Waals surface area (Å²) < 4.78 is 5.84. The molecule has 0 aliphatic heterocycles. The van der Waals surface area contributed by atoms with Crippen LogP contribution in [0.3, 0.4) is 0 Å². The molecule has 1 atom stereocenters. The molecule has 156 valence electrons. The normalized spacial score (nSPS) is 11.8. The number of hydrogen-bond acceptors (Lipinski definition) is 3. The van der Waals surface area contributed by atoms with Gasteiger partial charge in [0.1, 0.15) is 5.75 Å². The number of carbonyl (C=O) groups excluding carboxylic acids is 1. The van der Waals surface area contributed by atoms with E-state index in [1.165, 1.54) is 10.5 Å². The van der Waals surface area contributed by atoms with Crippen LogP contribution >= 0.6 is 23.4 Å². The number of aryl methyl sites for hydroxylation is 3. The van der Waals surface area contributed by atoms with E-state index >= 15 is 0 Å². The van der Waals surface area contributed by atoms with Crippen LogP contribution in [0, 0.1) is 20.8 Å². The van der Waals surface area contributed by atoms with Gasteiger partial charge in [0.2, 0.25) is 0 Å². The van der Waals surface area contributed by atoms with E-state index in [0.717, 1.165) is 33.2 Å². The molecule has 0 saturated carbocycles. The molecule has 5 heteroatoms. The molecular weight excluding hydrogens is 414 g/mol. The highest BCUT2D eigenvalue weighted by Gasteiger charge is 2.17. The second-order valence-corrected chi connectivity index (χ2v) is 8.80. The Morgan fingerprint density at radius 3 is 2.30 bits per heavy atom. The predicted octanol–water partition coefficient (Wildman–Crippen LogP) is 6.96. The van der Waals surface area contributed by atoms with E-state index in [-0.39, 0.29) is 5.91 Å². The number of halogens is 1. The molecule has 0 aliphatic rings. The highest BCUT2D eigenvalue weighted by molar-refractivity contribution is 7.98. The first-order valence-electron chi connectivity index (χ1n) is 9.85. The largest absolute Gasteiger partial charge is 0.481 e. The number of thioether (sulfide) groups is 1. The van der Waals surface area contributed by atoms with Crippen molar-refractivity contribution in [3.63, 3.8) is 0 Å². The number of benzene rings is 3. The summed E-state index contributed by atoms with van der Waals surface area (Å²) in [5.74, 6) is 1.34. The average Bonchev–Trinajstić information content (AvgIpc) is 2.72. The van der Waals surface area contributed by atoms with Gasteiger partial charge in [0.15, 0.2) is 6.10 Å². The predicted molar refractivity (Wildman–Crippen MR) is 127 cm³/mol. The smallest absolute Gasteiger partial charge is 0.265 e. The summed E-state index contributed by atoms with van der Waals surface area (Å²) in [6.45, 7) is 7.60. The molecule has 0 aliphatic carbocycles. The van der Waals surface area contributed by atoms with E-state index in [9.17, 15) is 4.79 Å². The van der Waals surface area contributed by atoms with Crippen molar-refractivity contribution in [2.45, 2.75) is 44.4 Å². The topological polar surface area (TPSA) is 38.3 Å². The van der Waals surface area contributed by atoms with Crippen LogP contribution < -0.4 is 10.1 Å². The molecular formula is C25H26ClNO2S. The van der Waals surface area contributed by atoms with Gasteiger partial charge in [-0.05, 0) is 80.3 Å². The van der Waals surface area contributed by atoms with Gasteiger partial charge >= 0.3 is 0 Å². The van der Waals surface area contributed by atoms with Gasteiger partial charge in [-0.3, -0.25) is 4.79 Å². The van der Waals surface area contributed by atoms with Crippen molar-refractivity contribution in [1.29, 1.82) is 0 Å². The minimum atomic E-state index is -0.627. The number of anilines is 1. The molecule has 3 aromatic rings. The first kappa shape index (κ1) is 22.3. The van der Waals surface area contributed by atoms with Crippen molar-refractivity contribution in [1.82, 2.24) is 0 Å². The molecule has 0 aromatic heterocycles. The molecule has 0 unspecified atom stereocenters. The number of ether oxygens (including phenoxy) is 1. The van der Waals surface area contributed by atoms with Crippen LogP contribution in [0.2, 0.25) is 5.02 Å². The van der Waals surface area contributed by atoms with E-state index in [1.54, 1.807) is 18.7 Å². The number of rotatable bonds is 7. The zero-order valence-corrected chi connectivity index (χ0v) is 19.2. The number of nitrogens with one attached hydrogen (secondary N) is 1. The van der Waals surface area contributed by atoms with Crippen molar-refractivity contribution in [3.05, 3.63) is 87.9 Å². The molecule has 0 heterocycles. The Kier molecular flexibility index (Phi) is 7.46. The molecule has 3 aromatic carbocycles. The molecule has 30 heavy (non-hydrogen) atoms. The van der Waals surface area contributed by atoms with Crippen LogP contribution in [0.4, 0.5) is 5.69 Å². The average molecular weight is 440 g/mol. The zero-order chi connectivity index (χ0) is 21.7. The molecule has 0 saturated heterocycles. The van der Waals surface area contributed by atoms with Crippen LogP contribution in [0.25, 0.3) is 0 Å². The Morgan fingerprint density at radius 2 is 1.67 bits per heavy atom. The number of carbonyl (C=O) groups is 1. The maximum atomic E-state index is 12.6. The summed E-state index contributed by atoms with van der Waals surface area (Å²) in [5, 5.41) is 3.70. The van der Waals surface area contributed by atoms with Gasteiger partial charge in [0, 0.05) is 21.4 Å². The molecule has 1 N–H and O–H groups in total. The van der Waals surface area contributed by atoms with E-state index in [1.807, 2.05) is 57.2 Å². The van der Waals surface area contributed by atoms with Crippen molar-refractivity contribution in [3.8, 4) is 5.75 Å². The van der Waals surface area contributed by atoms with E-state index in [0.29, 0.717) is 5.75 Å². The Labute approximate surface area is 187 Å². The van der Waals surface area contributed by atoms with Crippen LogP contribution in [-0.2, 0) is 10.5 Å². The lowest BCUT2D eigenvalue weighted by Crippen LogP contribution is -2.30. The maximum absolute atomic E-state index is 12.6. The van der Waals surface area contributed by atoms with Gasteiger partial charge in [-0.2, -0.15) is 0 Å². The fourth-order valence-electron chi connectivity index (χ4n) is 3.11. The Hall–Kier alpha value is -2.43. The highest BCUT2D eigenvalue weighted by Crippen LogP contribution is 2.27. The van der Waals surface area contributed by atoms with Crippen molar-refractivity contribution in [2.75, 3.05) is 5.32 Å². The van der Waals surface area contributed by atoms with Gasteiger partial charge in [-0.25, -0.2) is 0 Å². The summed E-state index contributed by atoms with van der Waals surface area (Å²) in [7, 11) is 0. The monoisotopic (exact) mass is 439 g/mol. The second kappa shape index (κ2) is 10.1. The lowest BCUT2D eigenvalue weighted by atomic mass is 10.1. The maximum Gasteiger partial charge on any atom is 0.265 e. The minimum absolute atomic E-state index is 0.185. The quantitative estimate of drug-likeness (QED) is 0.404. The SMILES string of the molecule is Cc1cc(CSc2ccccc2)ccc1NC(=O)[C@H](C)Oc1cc(C)c(Cl)c(C)c1. The molecule has 3 rings (SSSR count). The summed E-state index contributed by atoms with van der Waals surface area (Å²) in [6, 6.07) is 20.1. The molecule has 1 amide bonds. The Bertz CT molecular complexity index is 1010. The fraction of sp³-hybridized carbons (Fsp3) is 0.240. The Morgan fingerprint density at radius 1 is 1.00 bits per heavy atom. The third-order valence-corrected chi connectivity index (χ3v) is 6.47. The van der Waals surface area contributed by atoms with E-state index in [4.69, 9.17) is 16.3 Å². The Balaban J connectivity index is 1.60. The van der Waals surface area contributed by atoms with Crippen molar-refractivity contribution in [2.24, 2.45) is 0 Å². The van der Waals surface area contributed by atoms with Crippen molar-refractivity contribution < 1.29 is 9.53 Å². The van der Waals surface area contributed by atoms with Gasteiger partial charge in [0.25, 0.3) is 5.91 Å². The minimum Gasteiger partial charge on any atom is -0.481 e. The molecule has 3 nitrogen and oxygen atoms in total. The standard InChI is InChI=1S/C25H26ClNO2S/c1-16-12-20(15-30-22-8-6-5-7-9-22)10-11-23(16)27-25(28)19(4)29-21-13-17(2)24(26)18(3)14-21/h5-14,19H,15H2,1-4H3,(H,27,28)/t19-/m0/s1. The lowest BCUT2D eigenvalue weighted by molar-refractivity contribution is -0.122. The molecule has 0 spiro atoms. The summed E-state index contributed by atoms with van der Waals surface area (Å²) in [4.78, 5) is 13.9.